The molecule has 7 nitrogen and oxygen atoms in total. The number of methoxy groups -OCH3 is 1. The van der Waals surface area contributed by atoms with Crippen molar-refractivity contribution in [2.24, 2.45) is 5.92 Å². The fraction of sp³-hybridized carbons (Fsp3) is 0.273. The van der Waals surface area contributed by atoms with E-state index in [1.165, 1.54) is 31.6 Å². The largest absolute Gasteiger partial charge is 0.494 e. The quantitative estimate of drug-likeness (QED) is 0.547. The summed E-state index contributed by atoms with van der Waals surface area (Å²) in [7, 11) is 1.49. The number of hydrogen-bond acceptors (Lipinski definition) is 6. The van der Waals surface area contributed by atoms with Gasteiger partial charge in [-0.25, -0.2) is 14.4 Å². The van der Waals surface area contributed by atoms with E-state index in [9.17, 15) is 14.0 Å². The molecule has 1 aliphatic rings. The zero-order valence-corrected chi connectivity index (χ0v) is 17.5. The van der Waals surface area contributed by atoms with E-state index < -0.39 is 11.7 Å². The first-order chi connectivity index (χ1) is 15.0. The van der Waals surface area contributed by atoms with Gasteiger partial charge in [0, 0.05) is 23.6 Å². The van der Waals surface area contributed by atoms with Crippen LogP contribution in [0, 0.1) is 11.7 Å². The smallest absolute Gasteiger partial charge is 0.235 e. The van der Waals surface area contributed by atoms with Crippen LogP contribution in [0.4, 0.5) is 21.6 Å². The van der Waals surface area contributed by atoms with Gasteiger partial charge in [0.15, 0.2) is 0 Å². The van der Waals surface area contributed by atoms with E-state index in [1.807, 2.05) is 0 Å². The Labute approximate surface area is 183 Å². The second-order valence-corrected chi connectivity index (χ2v) is 7.71. The van der Waals surface area contributed by atoms with Gasteiger partial charge in [0.1, 0.15) is 29.5 Å². The summed E-state index contributed by atoms with van der Waals surface area (Å²) in [5, 5.41) is 6.50. The number of ether oxygens (including phenoxy) is 1. The van der Waals surface area contributed by atoms with Gasteiger partial charge in [-0.15, -0.1) is 0 Å². The van der Waals surface area contributed by atoms with Crippen LogP contribution in [0.2, 0.25) is 5.02 Å². The first kappa shape index (κ1) is 21.0. The highest BCUT2D eigenvalue weighted by Crippen LogP contribution is 2.34. The third-order valence-electron chi connectivity index (χ3n) is 5.27. The molecule has 0 spiro atoms. The van der Waals surface area contributed by atoms with Gasteiger partial charge in [0.25, 0.3) is 0 Å². The van der Waals surface area contributed by atoms with Crippen LogP contribution in [0.15, 0.2) is 36.7 Å². The topological polar surface area (TPSA) is 93.2 Å². The van der Waals surface area contributed by atoms with Gasteiger partial charge in [0.2, 0.25) is 5.91 Å². The summed E-state index contributed by atoms with van der Waals surface area (Å²) in [5.41, 5.74) is 1.53. The van der Waals surface area contributed by atoms with Crippen LogP contribution in [-0.4, -0.2) is 28.8 Å². The molecule has 31 heavy (non-hydrogen) atoms. The van der Waals surface area contributed by atoms with Crippen molar-refractivity contribution in [1.82, 2.24) is 9.97 Å². The molecule has 1 saturated carbocycles. The van der Waals surface area contributed by atoms with Crippen molar-refractivity contribution < 1.29 is 18.7 Å². The molecule has 9 heteroatoms. The standard InChI is InChI=1S/C22H20ClFN4O3/c1-31-20-10-17-14(9-18(20)28-22(30)13-4-2-3-5-19(13)29)21(26-11-25-17)27-12-6-7-16(24)15(23)8-12/h6-11,13H,2-5H2,1H3,(H,28,30)(H,25,26,27). The average molecular weight is 443 g/mol. The molecule has 0 bridgehead atoms. The zero-order chi connectivity index (χ0) is 22.0. The minimum atomic E-state index is -0.653. The van der Waals surface area contributed by atoms with Crippen LogP contribution >= 0.6 is 11.6 Å². The highest BCUT2D eigenvalue weighted by molar-refractivity contribution is 6.31. The van der Waals surface area contributed by atoms with E-state index in [-0.39, 0.29) is 16.7 Å². The zero-order valence-electron chi connectivity index (χ0n) is 16.7. The Morgan fingerprint density at radius 1 is 1.23 bits per heavy atom. The Morgan fingerprint density at radius 2 is 2.06 bits per heavy atom. The van der Waals surface area contributed by atoms with Crippen molar-refractivity contribution in [3.63, 3.8) is 0 Å². The Bertz CT molecular complexity index is 1170. The van der Waals surface area contributed by atoms with Crippen LogP contribution in [0.5, 0.6) is 5.75 Å². The van der Waals surface area contributed by atoms with E-state index in [2.05, 4.69) is 20.6 Å². The summed E-state index contributed by atoms with van der Waals surface area (Å²) >= 11 is 5.87. The highest BCUT2D eigenvalue weighted by atomic mass is 35.5. The molecule has 4 rings (SSSR count). The lowest BCUT2D eigenvalue weighted by Gasteiger charge is -2.20. The molecule has 1 aromatic heterocycles. The second-order valence-electron chi connectivity index (χ2n) is 7.30. The summed E-state index contributed by atoms with van der Waals surface area (Å²) in [4.78, 5) is 33.4. The van der Waals surface area contributed by atoms with Crippen LogP contribution in [0.1, 0.15) is 25.7 Å². The summed E-state index contributed by atoms with van der Waals surface area (Å²) in [5.74, 6) is -0.702. The molecule has 1 aliphatic carbocycles. The maximum absolute atomic E-state index is 13.5. The molecule has 1 atom stereocenters. The number of carbonyl (C=O) groups excluding carboxylic acids is 2. The second kappa shape index (κ2) is 8.85. The van der Waals surface area contributed by atoms with E-state index in [0.717, 1.165) is 12.8 Å². The number of nitrogens with zero attached hydrogens (tertiary/aromatic N) is 2. The fourth-order valence-corrected chi connectivity index (χ4v) is 3.82. The van der Waals surface area contributed by atoms with E-state index in [4.69, 9.17) is 16.3 Å². The Balaban J connectivity index is 1.68. The molecule has 1 unspecified atom stereocenters. The predicted molar refractivity (Wildman–Crippen MR) is 116 cm³/mol. The molecule has 1 fully saturated rings. The number of hydrogen-bond donors (Lipinski definition) is 2. The number of amides is 1. The van der Waals surface area contributed by atoms with Gasteiger partial charge < -0.3 is 15.4 Å². The van der Waals surface area contributed by atoms with Gasteiger partial charge >= 0.3 is 0 Å². The van der Waals surface area contributed by atoms with Crippen LogP contribution in [-0.2, 0) is 9.59 Å². The maximum atomic E-state index is 13.5. The van der Waals surface area contributed by atoms with Crippen molar-refractivity contribution in [1.29, 1.82) is 0 Å². The Kier molecular flexibility index (Phi) is 5.99. The van der Waals surface area contributed by atoms with Crippen molar-refractivity contribution in [3.05, 3.63) is 47.5 Å². The van der Waals surface area contributed by atoms with Gasteiger partial charge in [-0.1, -0.05) is 18.0 Å². The molecule has 0 saturated heterocycles. The van der Waals surface area contributed by atoms with Crippen molar-refractivity contribution in [3.8, 4) is 5.75 Å². The van der Waals surface area contributed by atoms with Crippen molar-refractivity contribution in [2.75, 3.05) is 17.7 Å². The molecule has 1 heterocycles. The van der Waals surface area contributed by atoms with Gasteiger partial charge in [-0.3, -0.25) is 9.59 Å². The average Bonchev–Trinajstić information content (AvgIpc) is 2.76. The number of Topliss-reactive ketones (excluding diaryl/α,β-unsaturated/α-hetero) is 1. The summed E-state index contributed by atoms with van der Waals surface area (Å²) in [6.45, 7) is 0. The van der Waals surface area contributed by atoms with E-state index in [1.54, 1.807) is 12.1 Å². The van der Waals surface area contributed by atoms with Crippen LogP contribution < -0.4 is 15.4 Å². The lowest BCUT2D eigenvalue weighted by molar-refractivity contribution is -0.132. The molecule has 2 aromatic carbocycles. The summed E-state index contributed by atoms with van der Waals surface area (Å²) in [6, 6.07) is 7.61. The van der Waals surface area contributed by atoms with E-state index in [0.29, 0.717) is 46.7 Å². The molecule has 160 valence electrons. The number of aromatic nitrogens is 2. The molecule has 1 amide bonds. The van der Waals surface area contributed by atoms with Crippen LogP contribution in [0.25, 0.3) is 10.9 Å². The summed E-state index contributed by atoms with van der Waals surface area (Å²) in [6.07, 6.45) is 4.02. The molecular weight excluding hydrogens is 423 g/mol. The maximum Gasteiger partial charge on any atom is 0.235 e. The first-order valence-corrected chi connectivity index (χ1v) is 10.2. The summed E-state index contributed by atoms with van der Waals surface area (Å²) < 4.78 is 18.9. The number of carbonyl (C=O) groups is 2. The molecule has 3 aromatic rings. The lowest BCUT2D eigenvalue weighted by atomic mass is 9.87. The Morgan fingerprint density at radius 3 is 2.81 bits per heavy atom. The predicted octanol–water partition coefficient (Wildman–Crippen LogP) is 4.87. The third-order valence-corrected chi connectivity index (χ3v) is 5.56. The monoisotopic (exact) mass is 442 g/mol. The SMILES string of the molecule is COc1cc2ncnc(Nc3ccc(F)c(Cl)c3)c2cc1NC(=O)C1CCCCC1=O. The number of halogens is 2. The van der Waals surface area contributed by atoms with Gasteiger partial charge in [-0.05, 0) is 37.1 Å². The van der Waals surface area contributed by atoms with Gasteiger partial charge in [0.05, 0.1) is 29.3 Å². The van der Waals surface area contributed by atoms with Crippen molar-refractivity contribution in [2.45, 2.75) is 25.7 Å². The van der Waals surface area contributed by atoms with Crippen molar-refractivity contribution >= 4 is 51.4 Å². The number of fused-ring (bicyclic) bond motifs is 1. The van der Waals surface area contributed by atoms with Crippen LogP contribution in [0.3, 0.4) is 0 Å². The lowest BCUT2D eigenvalue weighted by Crippen LogP contribution is -2.32. The van der Waals surface area contributed by atoms with Gasteiger partial charge in [-0.2, -0.15) is 0 Å². The minimum Gasteiger partial charge on any atom is -0.494 e. The first-order valence-electron chi connectivity index (χ1n) is 9.84. The minimum absolute atomic E-state index is 0.0184. The third kappa shape index (κ3) is 4.44. The number of benzene rings is 2. The number of ketones is 1. The number of rotatable bonds is 5. The van der Waals surface area contributed by atoms with E-state index >= 15 is 0 Å². The Hall–Kier alpha value is -3.26. The molecule has 0 aliphatic heterocycles. The molecular formula is C22H20ClFN4O3. The number of anilines is 3. The molecule has 0 radical (unpaired) electrons. The number of nitrogens with one attached hydrogen (secondary N) is 2. The normalized spacial score (nSPS) is 16.2. The molecule has 2 N–H and O–H groups in total. The fourth-order valence-electron chi connectivity index (χ4n) is 3.64. The highest BCUT2D eigenvalue weighted by Gasteiger charge is 2.29.